The molecule has 0 aromatic heterocycles. The Morgan fingerprint density at radius 3 is 2.40 bits per heavy atom. The quantitative estimate of drug-likeness (QED) is 0.505. The second-order valence-electron chi connectivity index (χ2n) is 5.38. The molecule has 3 nitrogen and oxygen atoms in total. The molecule has 1 rings (SSSR count). The topological polar surface area (TPSA) is 41.8 Å². The molecule has 1 aromatic carbocycles. The zero-order chi connectivity index (χ0) is 15.3. The van der Waals surface area contributed by atoms with Gasteiger partial charge in [0, 0.05) is 0 Å². The van der Waals surface area contributed by atoms with Gasteiger partial charge in [0.2, 0.25) is 0 Å². The number of hydrogen-bond donors (Lipinski definition) is 1. The minimum atomic E-state index is -1.06. The van der Waals surface area contributed by atoms with Crippen LogP contribution in [-0.2, 0) is 4.84 Å². The van der Waals surface area contributed by atoms with E-state index in [4.69, 9.17) is 4.84 Å². The van der Waals surface area contributed by atoms with Gasteiger partial charge in [0.25, 0.3) is 0 Å². The maximum Gasteiger partial charge on any atom is 0.111 e. The van der Waals surface area contributed by atoms with Gasteiger partial charge in [0.1, 0.15) is 18.4 Å². The number of benzene rings is 1. The summed E-state index contributed by atoms with van der Waals surface area (Å²) in [6.45, 7) is 11.5. The summed E-state index contributed by atoms with van der Waals surface area (Å²) in [6, 6.07) is 6.20. The molecule has 1 aromatic rings. The van der Waals surface area contributed by atoms with Crippen LogP contribution >= 0.6 is 0 Å². The molecule has 0 atom stereocenters. The summed E-state index contributed by atoms with van der Waals surface area (Å²) in [5.41, 5.74) is 3.78. The summed E-state index contributed by atoms with van der Waals surface area (Å²) in [5, 5.41) is 13.8. The molecule has 0 amide bonds. The second-order valence-corrected chi connectivity index (χ2v) is 5.38. The number of oxime groups is 1. The van der Waals surface area contributed by atoms with Crippen molar-refractivity contribution in [2.75, 3.05) is 7.11 Å². The molecule has 0 aliphatic carbocycles. The summed E-state index contributed by atoms with van der Waals surface area (Å²) in [4.78, 5) is 4.75. The van der Waals surface area contributed by atoms with Crippen LogP contribution in [-0.4, -0.2) is 23.5 Å². The van der Waals surface area contributed by atoms with Crippen LogP contribution in [0.15, 0.2) is 42.1 Å². The second kappa shape index (κ2) is 6.53. The van der Waals surface area contributed by atoms with E-state index >= 15 is 0 Å². The number of rotatable bonds is 5. The van der Waals surface area contributed by atoms with E-state index in [9.17, 15) is 5.11 Å². The molecular weight excluding hydrogens is 250 g/mol. The summed E-state index contributed by atoms with van der Waals surface area (Å²) >= 11 is 0. The van der Waals surface area contributed by atoms with E-state index in [0.717, 1.165) is 11.1 Å². The molecule has 20 heavy (non-hydrogen) atoms. The van der Waals surface area contributed by atoms with E-state index in [2.05, 4.69) is 37.7 Å². The summed E-state index contributed by atoms with van der Waals surface area (Å²) in [7, 11) is 1.46. The van der Waals surface area contributed by atoms with Crippen LogP contribution in [0.1, 0.15) is 30.5 Å². The van der Waals surface area contributed by atoms with Crippen LogP contribution < -0.4 is 0 Å². The van der Waals surface area contributed by atoms with Gasteiger partial charge in [0.05, 0.1) is 0 Å². The van der Waals surface area contributed by atoms with E-state index < -0.39 is 5.60 Å². The van der Waals surface area contributed by atoms with Crippen LogP contribution in [0.25, 0.3) is 5.57 Å². The van der Waals surface area contributed by atoms with Crippen LogP contribution in [0.4, 0.5) is 0 Å². The van der Waals surface area contributed by atoms with Crippen molar-refractivity contribution < 1.29 is 9.94 Å². The molecule has 0 radical (unpaired) electrons. The Hall–Kier alpha value is -1.87. The molecule has 108 valence electrons. The van der Waals surface area contributed by atoms with E-state index in [1.165, 1.54) is 18.2 Å². The van der Waals surface area contributed by atoms with Gasteiger partial charge in [-0.1, -0.05) is 36.0 Å². The molecule has 3 heteroatoms. The maximum atomic E-state index is 9.98. The molecule has 0 aliphatic rings. The Labute approximate surface area is 121 Å². The smallest absolute Gasteiger partial charge is 0.111 e. The highest BCUT2D eigenvalue weighted by molar-refractivity contribution is 6.02. The van der Waals surface area contributed by atoms with E-state index in [-0.39, 0.29) is 0 Å². The largest absolute Gasteiger partial charge is 0.399 e. The highest BCUT2D eigenvalue weighted by Crippen LogP contribution is 2.18. The Bertz CT molecular complexity index is 549. The molecule has 0 fully saturated rings. The van der Waals surface area contributed by atoms with Gasteiger partial charge in [-0.3, -0.25) is 0 Å². The van der Waals surface area contributed by atoms with Crippen molar-refractivity contribution in [3.05, 3.63) is 53.6 Å². The van der Waals surface area contributed by atoms with Crippen molar-refractivity contribution in [3.63, 3.8) is 0 Å². The van der Waals surface area contributed by atoms with Crippen molar-refractivity contribution in [3.8, 4) is 0 Å². The third kappa shape index (κ3) is 4.35. The van der Waals surface area contributed by atoms with Crippen molar-refractivity contribution in [1.82, 2.24) is 0 Å². The molecule has 1 N–H and O–H groups in total. The molecule has 0 saturated heterocycles. The Morgan fingerprint density at radius 1 is 1.25 bits per heavy atom. The monoisotopic (exact) mass is 273 g/mol. The fraction of sp³-hybridized carbons (Fsp3) is 0.353. The highest BCUT2D eigenvalue weighted by atomic mass is 16.6. The molecular formula is C17H23NO2. The average molecular weight is 273 g/mol. The highest BCUT2D eigenvalue weighted by Gasteiger charge is 2.19. The van der Waals surface area contributed by atoms with Gasteiger partial charge in [-0.05, 0) is 56.0 Å². The third-order valence-electron chi connectivity index (χ3n) is 3.14. The van der Waals surface area contributed by atoms with Gasteiger partial charge in [0.15, 0.2) is 0 Å². The molecule has 0 bridgehead atoms. The van der Waals surface area contributed by atoms with Crippen molar-refractivity contribution in [2.24, 2.45) is 5.16 Å². The van der Waals surface area contributed by atoms with Crippen molar-refractivity contribution >= 4 is 11.3 Å². The van der Waals surface area contributed by atoms with E-state index in [1.807, 2.05) is 12.1 Å². The lowest BCUT2D eigenvalue weighted by Crippen LogP contribution is -2.29. The molecule has 0 spiro atoms. The summed E-state index contributed by atoms with van der Waals surface area (Å²) in [6.07, 6.45) is 3.56. The fourth-order valence-corrected chi connectivity index (χ4v) is 1.66. The third-order valence-corrected chi connectivity index (χ3v) is 3.14. The van der Waals surface area contributed by atoms with Crippen LogP contribution in [0.2, 0.25) is 0 Å². The summed E-state index contributed by atoms with van der Waals surface area (Å²) in [5.74, 6) is 0. The minimum absolute atomic E-state index is 0.449. The predicted octanol–water partition coefficient (Wildman–Crippen LogP) is 3.65. The summed E-state index contributed by atoms with van der Waals surface area (Å²) < 4.78 is 0. The van der Waals surface area contributed by atoms with Gasteiger partial charge in [-0.2, -0.15) is 0 Å². The first-order valence-corrected chi connectivity index (χ1v) is 6.54. The predicted molar refractivity (Wildman–Crippen MR) is 84.8 cm³/mol. The molecule has 0 heterocycles. The SMILES string of the molecule is C=C(/C=C\C(=N\OC)C(C)(C)O)c1ccc(C)c(C)c1. The fourth-order valence-electron chi connectivity index (χ4n) is 1.66. The number of allylic oxidation sites excluding steroid dienone is 2. The lowest BCUT2D eigenvalue weighted by atomic mass is 9.98. The van der Waals surface area contributed by atoms with Crippen LogP contribution in [0.5, 0.6) is 0 Å². The first kappa shape index (κ1) is 16.2. The van der Waals surface area contributed by atoms with Crippen LogP contribution in [0.3, 0.4) is 0 Å². The molecule has 0 aliphatic heterocycles. The zero-order valence-corrected chi connectivity index (χ0v) is 12.9. The standard InChI is InChI=1S/C17H23NO2/c1-12-7-9-15(11-14(12)3)13(2)8-10-16(18-20-6)17(4,5)19/h7-11,19H,2H2,1,3-6H3/b10-8-,18-16-. The lowest BCUT2D eigenvalue weighted by molar-refractivity contribution is 0.142. The van der Waals surface area contributed by atoms with Gasteiger partial charge >= 0.3 is 0 Å². The lowest BCUT2D eigenvalue weighted by Gasteiger charge is -2.16. The zero-order valence-electron chi connectivity index (χ0n) is 12.9. The maximum absolute atomic E-state index is 9.98. The Kier molecular flexibility index (Phi) is 5.28. The van der Waals surface area contributed by atoms with Gasteiger partial charge in [-0.15, -0.1) is 0 Å². The van der Waals surface area contributed by atoms with E-state index in [0.29, 0.717) is 5.71 Å². The Balaban J connectivity index is 2.96. The van der Waals surface area contributed by atoms with Crippen LogP contribution in [0, 0.1) is 13.8 Å². The molecule has 0 unspecified atom stereocenters. The Morgan fingerprint density at radius 2 is 1.90 bits per heavy atom. The first-order chi connectivity index (χ1) is 9.25. The number of aliphatic hydroxyl groups is 1. The number of aryl methyl sites for hydroxylation is 2. The van der Waals surface area contributed by atoms with E-state index in [1.54, 1.807) is 19.9 Å². The average Bonchev–Trinajstić information content (AvgIpc) is 2.36. The van der Waals surface area contributed by atoms with Crippen molar-refractivity contribution in [2.45, 2.75) is 33.3 Å². The number of nitrogens with zero attached hydrogens (tertiary/aromatic N) is 1. The molecule has 0 saturated carbocycles. The van der Waals surface area contributed by atoms with Gasteiger partial charge in [-0.25, -0.2) is 0 Å². The minimum Gasteiger partial charge on any atom is -0.399 e. The first-order valence-electron chi connectivity index (χ1n) is 6.54. The van der Waals surface area contributed by atoms with Gasteiger partial charge < -0.3 is 9.94 Å². The normalized spacial score (nSPS) is 12.8. The van der Waals surface area contributed by atoms with Crippen molar-refractivity contribution in [1.29, 1.82) is 0 Å². The number of hydrogen-bond acceptors (Lipinski definition) is 3.